The van der Waals surface area contributed by atoms with E-state index in [1.807, 2.05) is 0 Å². The molecule has 0 fully saturated rings. The van der Waals surface area contributed by atoms with Crippen LogP contribution in [-0.2, 0) is 0 Å². The molecule has 0 aliphatic carbocycles. The Hall–Kier alpha value is -0.0800. The number of hydrogen-bond acceptors (Lipinski definition) is 2. The summed E-state index contributed by atoms with van der Waals surface area (Å²) in [5, 5.41) is 20.0. The Kier molecular flexibility index (Phi) is 10.8. The number of aliphatic hydroxyl groups is 2. The summed E-state index contributed by atoms with van der Waals surface area (Å²) in [4.78, 5) is 0. The first-order valence-electron chi connectivity index (χ1n) is 7.97. The summed E-state index contributed by atoms with van der Waals surface area (Å²) in [7, 11) is 0. The highest BCUT2D eigenvalue weighted by atomic mass is 16.3. The van der Waals surface area contributed by atoms with Crippen molar-refractivity contribution in [1.82, 2.24) is 0 Å². The molecule has 0 radical (unpaired) electrons. The van der Waals surface area contributed by atoms with Gasteiger partial charge < -0.3 is 10.2 Å². The average Bonchev–Trinajstić information content (AvgIpc) is 2.33. The van der Waals surface area contributed by atoms with Crippen molar-refractivity contribution in [2.75, 3.05) is 0 Å². The molecule has 2 nitrogen and oxygen atoms in total. The first-order valence-corrected chi connectivity index (χ1v) is 7.97. The maximum Gasteiger partial charge on any atom is 0.0902 e. The largest absolute Gasteiger partial charge is 0.390 e. The van der Waals surface area contributed by atoms with Gasteiger partial charge in [-0.05, 0) is 19.8 Å². The predicted molar refractivity (Wildman–Crippen MR) is 78.8 cm³/mol. The van der Waals surface area contributed by atoms with Crippen LogP contribution >= 0.6 is 0 Å². The van der Waals surface area contributed by atoms with Gasteiger partial charge in [0.2, 0.25) is 0 Å². The van der Waals surface area contributed by atoms with E-state index >= 15 is 0 Å². The highest BCUT2D eigenvalue weighted by Crippen LogP contribution is 2.25. The fourth-order valence-corrected chi connectivity index (χ4v) is 2.54. The minimum atomic E-state index is -0.850. The molecule has 0 saturated carbocycles. The van der Waals surface area contributed by atoms with Gasteiger partial charge in [0.1, 0.15) is 0 Å². The lowest BCUT2D eigenvalue weighted by atomic mass is 9.86. The lowest BCUT2D eigenvalue weighted by molar-refractivity contribution is -0.0788. The lowest BCUT2D eigenvalue weighted by Crippen LogP contribution is -2.40. The van der Waals surface area contributed by atoms with Gasteiger partial charge in [-0.1, -0.05) is 71.6 Å². The second kappa shape index (κ2) is 10.8. The molecule has 2 N–H and O–H groups in total. The Morgan fingerprint density at radius 2 is 1.28 bits per heavy atom. The molecule has 0 aromatic rings. The molecule has 2 unspecified atom stereocenters. The molecule has 0 aliphatic rings. The molecule has 0 aromatic heterocycles. The zero-order chi connectivity index (χ0) is 13.9. The Morgan fingerprint density at radius 3 is 1.72 bits per heavy atom. The Morgan fingerprint density at radius 1 is 0.778 bits per heavy atom. The third-order valence-corrected chi connectivity index (χ3v) is 3.92. The third kappa shape index (κ3) is 8.10. The van der Waals surface area contributed by atoms with Crippen LogP contribution in [0.3, 0.4) is 0 Å². The fourth-order valence-electron chi connectivity index (χ4n) is 2.54. The minimum Gasteiger partial charge on any atom is -0.390 e. The highest BCUT2D eigenvalue weighted by Gasteiger charge is 2.30. The Bertz CT molecular complexity index is 180. The minimum absolute atomic E-state index is 0.609. The topological polar surface area (TPSA) is 40.5 Å². The lowest BCUT2D eigenvalue weighted by Gasteiger charge is -2.31. The van der Waals surface area contributed by atoms with Crippen LogP contribution < -0.4 is 0 Å². The SMILES string of the molecule is CCCCCCCCCCC(O)(CCC)C(C)O. The van der Waals surface area contributed by atoms with Gasteiger partial charge in [0.25, 0.3) is 0 Å². The summed E-state index contributed by atoms with van der Waals surface area (Å²) < 4.78 is 0. The van der Waals surface area contributed by atoms with Crippen molar-refractivity contribution in [2.45, 2.75) is 103 Å². The maximum absolute atomic E-state index is 10.3. The highest BCUT2D eigenvalue weighted by molar-refractivity contribution is 4.83. The molecule has 0 heterocycles. The molecule has 0 rings (SSSR count). The number of rotatable bonds is 12. The van der Waals surface area contributed by atoms with E-state index in [1.165, 1.54) is 44.9 Å². The Balaban J connectivity index is 3.56. The average molecular weight is 258 g/mol. The standard InChI is InChI=1S/C16H34O2/c1-4-6-7-8-9-10-11-12-14-16(18,13-5-2)15(3)17/h15,17-18H,4-14H2,1-3H3. The van der Waals surface area contributed by atoms with Crippen molar-refractivity contribution < 1.29 is 10.2 Å². The molecule has 2 atom stereocenters. The monoisotopic (exact) mass is 258 g/mol. The zero-order valence-corrected chi connectivity index (χ0v) is 12.7. The summed E-state index contributed by atoms with van der Waals surface area (Å²) >= 11 is 0. The van der Waals surface area contributed by atoms with E-state index in [-0.39, 0.29) is 0 Å². The fraction of sp³-hybridized carbons (Fsp3) is 1.00. The van der Waals surface area contributed by atoms with E-state index in [0.29, 0.717) is 6.42 Å². The first-order chi connectivity index (χ1) is 8.56. The van der Waals surface area contributed by atoms with Gasteiger partial charge in [0.15, 0.2) is 0 Å². The van der Waals surface area contributed by atoms with Crippen molar-refractivity contribution in [1.29, 1.82) is 0 Å². The van der Waals surface area contributed by atoms with Crippen LogP contribution in [0.4, 0.5) is 0 Å². The van der Waals surface area contributed by atoms with Crippen LogP contribution in [0.1, 0.15) is 91.4 Å². The summed E-state index contributed by atoms with van der Waals surface area (Å²) in [5.74, 6) is 0. The van der Waals surface area contributed by atoms with Gasteiger partial charge in [0.05, 0.1) is 11.7 Å². The van der Waals surface area contributed by atoms with E-state index < -0.39 is 11.7 Å². The van der Waals surface area contributed by atoms with Crippen molar-refractivity contribution in [3.8, 4) is 0 Å². The molecule has 110 valence electrons. The molecule has 2 heteroatoms. The van der Waals surface area contributed by atoms with Gasteiger partial charge in [-0.3, -0.25) is 0 Å². The Labute approximate surface area is 114 Å². The van der Waals surface area contributed by atoms with Gasteiger partial charge in [0, 0.05) is 0 Å². The second-order valence-corrected chi connectivity index (χ2v) is 5.75. The number of aliphatic hydroxyl groups excluding tert-OH is 1. The van der Waals surface area contributed by atoms with E-state index in [0.717, 1.165) is 19.3 Å². The molecular formula is C16H34O2. The molecule has 0 aliphatic heterocycles. The summed E-state index contributed by atoms with van der Waals surface area (Å²) in [5.41, 5.74) is -0.850. The summed E-state index contributed by atoms with van der Waals surface area (Å²) in [6.07, 6.45) is 12.0. The first kappa shape index (κ1) is 17.9. The van der Waals surface area contributed by atoms with Crippen LogP contribution in [0.15, 0.2) is 0 Å². The van der Waals surface area contributed by atoms with Crippen LogP contribution in [0.5, 0.6) is 0 Å². The third-order valence-electron chi connectivity index (χ3n) is 3.92. The normalized spacial score (nSPS) is 16.5. The molecule has 0 bridgehead atoms. The predicted octanol–water partition coefficient (Wildman–Crippen LogP) is 4.43. The van der Waals surface area contributed by atoms with Crippen LogP contribution in [0, 0.1) is 0 Å². The molecule has 0 saturated heterocycles. The quantitative estimate of drug-likeness (QED) is 0.508. The molecular weight excluding hydrogens is 224 g/mol. The van der Waals surface area contributed by atoms with Crippen molar-refractivity contribution in [3.63, 3.8) is 0 Å². The van der Waals surface area contributed by atoms with E-state index in [9.17, 15) is 10.2 Å². The van der Waals surface area contributed by atoms with Gasteiger partial charge >= 0.3 is 0 Å². The molecule has 0 aromatic carbocycles. The summed E-state index contributed by atoms with van der Waals surface area (Å²) in [6, 6.07) is 0. The van der Waals surface area contributed by atoms with E-state index in [2.05, 4.69) is 13.8 Å². The van der Waals surface area contributed by atoms with Crippen molar-refractivity contribution >= 4 is 0 Å². The number of hydrogen-bond donors (Lipinski definition) is 2. The van der Waals surface area contributed by atoms with Crippen molar-refractivity contribution in [3.05, 3.63) is 0 Å². The zero-order valence-electron chi connectivity index (χ0n) is 12.7. The molecule has 0 amide bonds. The van der Waals surface area contributed by atoms with Crippen LogP contribution in [0.2, 0.25) is 0 Å². The maximum atomic E-state index is 10.3. The van der Waals surface area contributed by atoms with E-state index in [4.69, 9.17) is 0 Å². The van der Waals surface area contributed by atoms with Gasteiger partial charge in [-0.2, -0.15) is 0 Å². The second-order valence-electron chi connectivity index (χ2n) is 5.75. The smallest absolute Gasteiger partial charge is 0.0902 e. The van der Waals surface area contributed by atoms with Gasteiger partial charge in [-0.15, -0.1) is 0 Å². The number of unbranched alkanes of at least 4 members (excludes halogenated alkanes) is 7. The van der Waals surface area contributed by atoms with Crippen LogP contribution in [0.25, 0.3) is 0 Å². The van der Waals surface area contributed by atoms with Gasteiger partial charge in [-0.25, -0.2) is 0 Å². The van der Waals surface area contributed by atoms with Crippen molar-refractivity contribution in [2.24, 2.45) is 0 Å². The van der Waals surface area contributed by atoms with E-state index in [1.54, 1.807) is 6.92 Å². The molecule has 18 heavy (non-hydrogen) atoms. The van der Waals surface area contributed by atoms with Crippen LogP contribution in [-0.4, -0.2) is 21.9 Å². The molecule has 0 spiro atoms. The summed E-state index contributed by atoms with van der Waals surface area (Å²) in [6.45, 7) is 6.01.